The second-order valence-corrected chi connectivity index (χ2v) is 5.69. The van der Waals surface area contributed by atoms with Gasteiger partial charge < -0.3 is 10.1 Å². The molecule has 24 heavy (non-hydrogen) atoms. The number of anilines is 1. The van der Waals surface area contributed by atoms with Crippen LogP contribution in [0.3, 0.4) is 0 Å². The van der Waals surface area contributed by atoms with E-state index in [2.05, 4.69) is 20.4 Å². The normalized spacial score (nSPS) is 10.6. The molecule has 0 radical (unpaired) electrons. The number of rotatable bonds is 6. The van der Waals surface area contributed by atoms with Gasteiger partial charge in [-0.2, -0.15) is 5.10 Å². The molecule has 0 saturated heterocycles. The summed E-state index contributed by atoms with van der Waals surface area (Å²) in [4.78, 5) is 8.38. The summed E-state index contributed by atoms with van der Waals surface area (Å²) in [6.07, 6.45) is 5.03. The molecule has 0 fully saturated rings. The van der Waals surface area contributed by atoms with E-state index in [1.54, 1.807) is 23.4 Å². The summed E-state index contributed by atoms with van der Waals surface area (Å²) < 4.78 is 7.40. The fourth-order valence-electron chi connectivity index (χ4n) is 2.20. The monoisotopic (exact) mass is 343 g/mol. The number of halogens is 1. The highest BCUT2D eigenvalue weighted by Gasteiger charge is 2.06. The van der Waals surface area contributed by atoms with Crippen LogP contribution < -0.4 is 10.1 Å². The summed E-state index contributed by atoms with van der Waals surface area (Å²) >= 11 is 6.17. The summed E-state index contributed by atoms with van der Waals surface area (Å²) in [7, 11) is 0. The van der Waals surface area contributed by atoms with Crippen LogP contribution in [0.5, 0.6) is 5.75 Å². The first-order valence-electron chi connectivity index (χ1n) is 7.59. The first-order valence-corrected chi connectivity index (χ1v) is 7.97. The number of ether oxygens (including phenoxy) is 1. The zero-order chi connectivity index (χ0) is 16.9. The van der Waals surface area contributed by atoms with Crippen LogP contribution in [-0.4, -0.2) is 32.9 Å². The van der Waals surface area contributed by atoms with Crippen LogP contribution in [0.2, 0.25) is 5.02 Å². The van der Waals surface area contributed by atoms with Gasteiger partial charge in [-0.25, -0.2) is 14.6 Å². The predicted molar refractivity (Wildman–Crippen MR) is 94.1 cm³/mol. The van der Waals surface area contributed by atoms with Crippen molar-refractivity contribution >= 4 is 17.4 Å². The topological polar surface area (TPSA) is 64.9 Å². The maximum atomic E-state index is 6.17. The highest BCUT2D eigenvalue weighted by molar-refractivity contribution is 6.32. The Morgan fingerprint density at radius 3 is 2.88 bits per heavy atom. The van der Waals surface area contributed by atoms with Crippen LogP contribution >= 0.6 is 11.6 Å². The molecule has 3 rings (SSSR count). The summed E-state index contributed by atoms with van der Waals surface area (Å²) in [5, 5.41) is 8.17. The summed E-state index contributed by atoms with van der Waals surface area (Å²) in [5.74, 6) is 1.52. The third kappa shape index (κ3) is 3.65. The number of hydrogen-bond acceptors (Lipinski definition) is 5. The van der Waals surface area contributed by atoms with Gasteiger partial charge in [-0.3, -0.25) is 0 Å². The van der Waals surface area contributed by atoms with Crippen molar-refractivity contribution < 1.29 is 4.74 Å². The molecule has 0 saturated carbocycles. The fraction of sp³-hybridized carbons (Fsp3) is 0.235. The minimum absolute atomic E-state index is 0.497. The lowest BCUT2D eigenvalue weighted by atomic mass is 10.2. The molecule has 1 aromatic carbocycles. The fourth-order valence-corrected chi connectivity index (χ4v) is 2.43. The zero-order valence-corrected chi connectivity index (χ0v) is 14.3. The molecule has 2 heterocycles. The first-order chi connectivity index (χ1) is 11.6. The Labute approximate surface area is 145 Å². The van der Waals surface area contributed by atoms with Crippen LogP contribution in [0.4, 0.5) is 5.82 Å². The molecule has 0 aliphatic rings. The van der Waals surface area contributed by atoms with Crippen LogP contribution in [0, 0.1) is 13.8 Å². The van der Waals surface area contributed by atoms with Crippen molar-refractivity contribution in [2.75, 3.05) is 18.5 Å². The maximum Gasteiger partial charge on any atom is 0.157 e. The highest BCUT2D eigenvalue weighted by atomic mass is 35.5. The van der Waals surface area contributed by atoms with Gasteiger partial charge in [0.1, 0.15) is 18.8 Å². The first kappa shape index (κ1) is 16.3. The smallest absolute Gasteiger partial charge is 0.157 e. The van der Waals surface area contributed by atoms with Gasteiger partial charge in [0.15, 0.2) is 5.75 Å². The lowest BCUT2D eigenvalue weighted by Crippen LogP contribution is -2.13. The lowest BCUT2D eigenvalue weighted by molar-refractivity contribution is 0.332. The van der Waals surface area contributed by atoms with E-state index in [0.29, 0.717) is 23.9 Å². The van der Waals surface area contributed by atoms with E-state index in [9.17, 15) is 0 Å². The second-order valence-electron chi connectivity index (χ2n) is 5.28. The van der Waals surface area contributed by atoms with Gasteiger partial charge in [-0.1, -0.05) is 23.7 Å². The molecule has 0 aliphatic carbocycles. The van der Waals surface area contributed by atoms with Crippen molar-refractivity contribution in [3.8, 4) is 11.4 Å². The van der Waals surface area contributed by atoms with Crippen molar-refractivity contribution in [1.29, 1.82) is 0 Å². The van der Waals surface area contributed by atoms with Crippen molar-refractivity contribution in [2.45, 2.75) is 13.8 Å². The predicted octanol–water partition coefficient (Wildman–Crippen LogP) is 3.42. The number of aryl methyl sites for hydroxylation is 1. The Bertz CT molecular complexity index is 833. The molecule has 0 atom stereocenters. The zero-order valence-electron chi connectivity index (χ0n) is 13.5. The van der Waals surface area contributed by atoms with Crippen molar-refractivity contribution in [3.63, 3.8) is 0 Å². The number of benzene rings is 1. The molecular weight excluding hydrogens is 326 g/mol. The minimum Gasteiger partial charge on any atom is -0.488 e. The molecule has 0 amide bonds. The van der Waals surface area contributed by atoms with E-state index >= 15 is 0 Å². The molecule has 0 spiro atoms. The molecule has 2 aromatic heterocycles. The number of nitrogens with zero attached hydrogens (tertiary/aromatic N) is 4. The van der Waals surface area contributed by atoms with E-state index in [1.807, 2.05) is 38.1 Å². The lowest BCUT2D eigenvalue weighted by Gasteiger charge is -2.09. The molecule has 0 bridgehead atoms. The van der Waals surface area contributed by atoms with E-state index in [0.717, 1.165) is 22.8 Å². The average Bonchev–Trinajstić information content (AvgIpc) is 3.04. The maximum absolute atomic E-state index is 6.17. The largest absolute Gasteiger partial charge is 0.488 e. The third-order valence-corrected chi connectivity index (χ3v) is 3.98. The van der Waals surface area contributed by atoms with Crippen LogP contribution in [-0.2, 0) is 0 Å². The quantitative estimate of drug-likeness (QED) is 0.695. The highest BCUT2D eigenvalue weighted by Crippen LogP contribution is 2.21. The van der Waals surface area contributed by atoms with E-state index in [-0.39, 0.29) is 0 Å². The molecule has 0 unspecified atom stereocenters. The Hall–Kier alpha value is -2.60. The third-order valence-electron chi connectivity index (χ3n) is 3.66. The number of hydrogen-bond donors (Lipinski definition) is 1. The summed E-state index contributed by atoms with van der Waals surface area (Å²) in [6, 6.07) is 7.53. The van der Waals surface area contributed by atoms with Gasteiger partial charge in [0.2, 0.25) is 0 Å². The minimum atomic E-state index is 0.497. The van der Waals surface area contributed by atoms with Gasteiger partial charge in [-0.15, -0.1) is 0 Å². The molecular formula is C17H18ClN5O. The van der Waals surface area contributed by atoms with Crippen molar-refractivity contribution in [1.82, 2.24) is 19.7 Å². The Kier molecular flexibility index (Phi) is 4.96. The number of para-hydroxylation sites is 1. The van der Waals surface area contributed by atoms with Crippen molar-refractivity contribution in [2.24, 2.45) is 0 Å². The molecule has 1 N–H and O–H groups in total. The Morgan fingerprint density at radius 2 is 2.04 bits per heavy atom. The van der Waals surface area contributed by atoms with Crippen molar-refractivity contribution in [3.05, 3.63) is 59.3 Å². The molecule has 0 aliphatic heterocycles. The Balaban J connectivity index is 1.55. The Morgan fingerprint density at radius 1 is 1.21 bits per heavy atom. The average molecular weight is 344 g/mol. The molecule has 3 aromatic rings. The van der Waals surface area contributed by atoms with E-state index in [1.165, 1.54) is 0 Å². The van der Waals surface area contributed by atoms with E-state index < -0.39 is 0 Å². The van der Waals surface area contributed by atoms with Crippen LogP contribution in [0.25, 0.3) is 5.69 Å². The van der Waals surface area contributed by atoms with Crippen LogP contribution in [0.1, 0.15) is 11.3 Å². The standard InChI is InChI=1S/C17H18ClN5O/c1-12-13(2)20-11-21-17(12)19-7-8-24-14-9-22-23(10-14)16-6-4-3-5-15(16)18/h3-6,9-11H,7-8H2,1-2H3,(H,19,20,21). The van der Waals surface area contributed by atoms with Gasteiger partial charge in [0.25, 0.3) is 0 Å². The summed E-state index contributed by atoms with van der Waals surface area (Å²) in [6.45, 7) is 5.08. The van der Waals surface area contributed by atoms with Gasteiger partial charge in [0, 0.05) is 11.3 Å². The second kappa shape index (κ2) is 7.31. The molecule has 7 heteroatoms. The molecule has 124 valence electrons. The molecule has 6 nitrogen and oxygen atoms in total. The SMILES string of the molecule is Cc1ncnc(NCCOc2cnn(-c3ccccc3Cl)c2)c1C. The number of aromatic nitrogens is 4. The van der Waals surface area contributed by atoms with Gasteiger partial charge >= 0.3 is 0 Å². The van der Waals surface area contributed by atoms with Crippen LogP contribution in [0.15, 0.2) is 43.0 Å². The van der Waals surface area contributed by atoms with E-state index in [4.69, 9.17) is 16.3 Å². The van der Waals surface area contributed by atoms with Gasteiger partial charge in [-0.05, 0) is 26.0 Å². The number of nitrogens with one attached hydrogen (secondary N) is 1. The summed E-state index contributed by atoms with van der Waals surface area (Å²) in [5.41, 5.74) is 2.83. The van der Waals surface area contributed by atoms with Gasteiger partial charge in [0.05, 0.1) is 29.6 Å².